The summed E-state index contributed by atoms with van der Waals surface area (Å²) in [5.74, 6) is -1.22. The second-order valence-electron chi connectivity index (χ2n) is 9.31. The number of hydrogen-bond acceptors (Lipinski definition) is 5. The van der Waals surface area contributed by atoms with Gasteiger partial charge in [-0.3, -0.25) is 9.59 Å². The van der Waals surface area contributed by atoms with Crippen molar-refractivity contribution in [1.82, 2.24) is 10.6 Å². The molecule has 4 rings (SSSR count). The van der Waals surface area contributed by atoms with Crippen molar-refractivity contribution in [2.45, 2.75) is 56.5 Å². The first-order valence-electron chi connectivity index (χ1n) is 12.1. The molecular formula is C27H32N2O6. The molecule has 2 aromatic rings. The standard InChI is InChI=1S/C27H32N2O6/c1-18(7-6-12-24(30)31)28-25(32)27(13-15-34-16-14-27)29-26(33)35-17-23-21-10-4-2-8-19(21)20-9-3-5-11-22(20)23/h2-5,8-11,18,23H,6-7,12-17H2,1H3,(H,28,32)(H,29,33)(H,30,31). The number of benzene rings is 2. The summed E-state index contributed by atoms with van der Waals surface area (Å²) in [6.07, 6.45) is 1.09. The van der Waals surface area contributed by atoms with Gasteiger partial charge in [0, 0.05) is 44.4 Å². The molecule has 1 heterocycles. The van der Waals surface area contributed by atoms with Crippen LogP contribution in [-0.2, 0) is 19.1 Å². The Morgan fingerprint density at radius 1 is 1.06 bits per heavy atom. The number of amides is 2. The van der Waals surface area contributed by atoms with Gasteiger partial charge in [-0.05, 0) is 42.0 Å². The van der Waals surface area contributed by atoms with Crippen LogP contribution in [0.4, 0.5) is 4.79 Å². The second kappa shape index (κ2) is 10.9. The zero-order valence-corrected chi connectivity index (χ0v) is 19.9. The lowest BCUT2D eigenvalue weighted by Crippen LogP contribution is -2.62. The minimum Gasteiger partial charge on any atom is -0.481 e. The molecule has 1 saturated heterocycles. The molecule has 3 N–H and O–H groups in total. The fourth-order valence-electron chi connectivity index (χ4n) is 4.95. The number of carbonyl (C=O) groups excluding carboxylic acids is 2. The number of alkyl carbamates (subject to hydrolysis) is 1. The summed E-state index contributed by atoms with van der Waals surface area (Å²) < 4.78 is 11.1. The van der Waals surface area contributed by atoms with E-state index in [1.54, 1.807) is 0 Å². The zero-order chi connectivity index (χ0) is 24.8. The van der Waals surface area contributed by atoms with Gasteiger partial charge in [0.05, 0.1) is 0 Å². The van der Waals surface area contributed by atoms with Gasteiger partial charge < -0.3 is 25.2 Å². The molecule has 2 aliphatic rings. The Labute approximate surface area is 205 Å². The fraction of sp³-hybridized carbons (Fsp3) is 0.444. The van der Waals surface area contributed by atoms with Crippen molar-refractivity contribution in [3.63, 3.8) is 0 Å². The van der Waals surface area contributed by atoms with Crippen LogP contribution < -0.4 is 10.6 Å². The van der Waals surface area contributed by atoms with Crippen LogP contribution in [0.3, 0.4) is 0 Å². The van der Waals surface area contributed by atoms with Crippen LogP contribution in [0, 0.1) is 0 Å². The third kappa shape index (κ3) is 5.65. The maximum Gasteiger partial charge on any atom is 0.408 e. The molecule has 0 bridgehead atoms. The highest BCUT2D eigenvalue weighted by Gasteiger charge is 2.42. The lowest BCUT2D eigenvalue weighted by atomic mass is 9.88. The van der Waals surface area contributed by atoms with Gasteiger partial charge in [-0.15, -0.1) is 0 Å². The van der Waals surface area contributed by atoms with Gasteiger partial charge in [-0.1, -0.05) is 48.5 Å². The van der Waals surface area contributed by atoms with Crippen molar-refractivity contribution in [1.29, 1.82) is 0 Å². The Bertz CT molecular complexity index is 1030. The quantitative estimate of drug-likeness (QED) is 0.503. The average Bonchev–Trinajstić information content (AvgIpc) is 3.17. The van der Waals surface area contributed by atoms with Crippen LogP contribution in [-0.4, -0.2) is 54.5 Å². The Morgan fingerprint density at radius 2 is 1.66 bits per heavy atom. The van der Waals surface area contributed by atoms with E-state index in [4.69, 9.17) is 14.6 Å². The fourth-order valence-corrected chi connectivity index (χ4v) is 4.95. The van der Waals surface area contributed by atoms with Gasteiger partial charge >= 0.3 is 12.1 Å². The highest BCUT2D eigenvalue weighted by molar-refractivity contribution is 5.90. The third-order valence-corrected chi connectivity index (χ3v) is 6.87. The number of rotatable bonds is 9. The maximum atomic E-state index is 13.2. The minimum atomic E-state index is -1.12. The molecule has 1 fully saturated rings. The molecule has 1 atom stereocenters. The predicted molar refractivity (Wildman–Crippen MR) is 130 cm³/mol. The first kappa shape index (κ1) is 24.7. The topological polar surface area (TPSA) is 114 Å². The molecule has 1 aliphatic heterocycles. The summed E-state index contributed by atoms with van der Waals surface area (Å²) in [4.78, 5) is 36.9. The number of carboxylic acid groups (broad SMARTS) is 1. The first-order valence-corrected chi connectivity index (χ1v) is 12.1. The van der Waals surface area contributed by atoms with E-state index in [9.17, 15) is 14.4 Å². The van der Waals surface area contributed by atoms with E-state index in [1.807, 2.05) is 31.2 Å². The molecule has 8 heteroatoms. The summed E-state index contributed by atoms with van der Waals surface area (Å²) in [5.41, 5.74) is 3.41. The van der Waals surface area contributed by atoms with Crippen LogP contribution >= 0.6 is 0 Å². The second-order valence-corrected chi connectivity index (χ2v) is 9.31. The van der Waals surface area contributed by atoms with Crippen LogP contribution in [0.1, 0.15) is 56.1 Å². The van der Waals surface area contributed by atoms with E-state index in [1.165, 1.54) is 0 Å². The van der Waals surface area contributed by atoms with Crippen LogP contribution in [0.5, 0.6) is 0 Å². The van der Waals surface area contributed by atoms with Gasteiger partial charge in [0.15, 0.2) is 0 Å². The van der Waals surface area contributed by atoms with Gasteiger partial charge in [0.1, 0.15) is 12.1 Å². The van der Waals surface area contributed by atoms with Crippen molar-refractivity contribution in [2.24, 2.45) is 0 Å². The van der Waals surface area contributed by atoms with E-state index in [0.29, 0.717) is 38.9 Å². The molecule has 0 saturated carbocycles. The smallest absolute Gasteiger partial charge is 0.408 e. The van der Waals surface area contributed by atoms with Crippen molar-refractivity contribution in [2.75, 3.05) is 19.8 Å². The van der Waals surface area contributed by atoms with Gasteiger partial charge in [0.2, 0.25) is 5.91 Å². The predicted octanol–water partition coefficient (Wildman–Crippen LogP) is 3.83. The number of carbonyl (C=O) groups is 3. The number of ether oxygens (including phenoxy) is 2. The number of carboxylic acids is 1. The Balaban J connectivity index is 1.39. The molecular weight excluding hydrogens is 448 g/mol. The third-order valence-electron chi connectivity index (χ3n) is 6.87. The molecule has 2 amide bonds. The highest BCUT2D eigenvalue weighted by Crippen LogP contribution is 2.44. The van der Waals surface area contributed by atoms with Gasteiger partial charge in [0.25, 0.3) is 0 Å². The van der Waals surface area contributed by atoms with Crippen molar-refractivity contribution in [3.05, 3.63) is 59.7 Å². The van der Waals surface area contributed by atoms with Crippen molar-refractivity contribution in [3.8, 4) is 11.1 Å². The Hall–Kier alpha value is -3.39. The molecule has 1 aliphatic carbocycles. The van der Waals surface area contributed by atoms with Gasteiger partial charge in [-0.2, -0.15) is 0 Å². The van der Waals surface area contributed by atoms with E-state index in [2.05, 4.69) is 34.9 Å². The average molecular weight is 481 g/mol. The maximum absolute atomic E-state index is 13.2. The van der Waals surface area contributed by atoms with Crippen LogP contribution in [0.2, 0.25) is 0 Å². The summed E-state index contributed by atoms with van der Waals surface area (Å²) in [6, 6.07) is 16.0. The van der Waals surface area contributed by atoms with E-state index >= 15 is 0 Å². The van der Waals surface area contributed by atoms with Crippen molar-refractivity contribution < 1.29 is 29.0 Å². The zero-order valence-electron chi connectivity index (χ0n) is 19.9. The highest BCUT2D eigenvalue weighted by atomic mass is 16.5. The molecule has 0 aromatic heterocycles. The largest absolute Gasteiger partial charge is 0.481 e. The normalized spacial score (nSPS) is 17.1. The lowest BCUT2D eigenvalue weighted by Gasteiger charge is -2.37. The molecule has 0 radical (unpaired) electrons. The van der Waals surface area contributed by atoms with E-state index in [-0.39, 0.29) is 30.9 Å². The summed E-state index contributed by atoms with van der Waals surface area (Å²) in [5, 5.41) is 14.6. The Morgan fingerprint density at radius 3 is 2.26 bits per heavy atom. The molecule has 0 spiro atoms. The minimum absolute atomic E-state index is 0.0528. The summed E-state index contributed by atoms with van der Waals surface area (Å²) >= 11 is 0. The molecule has 8 nitrogen and oxygen atoms in total. The van der Waals surface area contributed by atoms with Crippen molar-refractivity contribution >= 4 is 18.0 Å². The number of hydrogen-bond donors (Lipinski definition) is 3. The summed E-state index contributed by atoms with van der Waals surface area (Å²) in [6.45, 7) is 2.70. The van der Waals surface area contributed by atoms with Crippen LogP contribution in [0.15, 0.2) is 48.5 Å². The molecule has 2 aromatic carbocycles. The SMILES string of the molecule is CC(CCCC(=O)O)NC(=O)C1(NC(=O)OCC2c3ccccc3-c3ccccc32)CCOCC1. The number of nitrogens with one attached hydrogen (secondary N) is 2. The van der Waals surface area contributed by atoms with E-state index < -0.39 is 17.6 Å². The Kier molecular flexibility index (Phi) is 7.70. The molecule has 1 unspecified atom stereocenters. The van der Waals surface area contributed by atoms with E-state index in [0.717, 1.165) is 22.3 Å². The number of fused-ring (bicyclic) bond motifs is 3. The first-order chi connectivity index (χ1) is 16.9. The number of aliphatic carboxylic acids is 1. The molecule has 35 heavy (non-hydrogen) atoms. The van der Waals surface area contributed by atoms with Gasteiger partial charge in [-0.25, -0.2) is 4.79 Å². The summed E-state index contributed by atoms with van der Waals surface area (Å²) in [7, 11) is 0. The monoisotopic (exact) mass is 480 g/mol. The van der Waals surface area contributed by atoms with Crippen LogP contribution in [0.25, 0.3) is 11.1 Å². The molecule has 186 valence electrons. The lowest BCUT2D eigenvalue weighted by molar-refractivity contribution is -0.137.